The number of nitrogens with two attached hydrogens (primary N) is 1. The predicted molar refractivity (Wildman–Crippen MR) is 104 cm³/mol. The first-order valence-electron chi connectivity index (χ1n) is 8.63. The van der Waals surface area contributed by atoms with Crippen molar-refractivity contribution in [3.8, 4) is 0 Å². The molecular formula is C19H22N6O2. The van der Waals surface area contributed by atoms with E-state index in [2.05, 4.69) is 32.1 Å². The number of carbonyl (C=O) groups excluding carboxylic acids is 2. The van der Waals surface area contributed by atoms with Crippen molar-refractivity contribution in [2.45, 2.75) is 19.4 Å². The van der Waals surface area contributed by atoms with Crippen LogP contribution in [-0.4, -0.2) is 40.9 Å². The number of nitrogens with zero attached hydrogens (tertiary/aromatic N) is 3. The Labute approximate surface area is 157 Å². The Morgan fingerprint density at radius 3 is 2.89 bits per heavy atom. The fourth-order valence-corrected chi connectivity index (χ4v) is 3.03. The lowest BCUT2D eigenvalue weighted by atomic mass is 10.2. The highest BCUT2D eigenvalue weighted by molar-refractivity contribution is 5.98. The Hall–Kier alpha value is -3.42. The largest absolute Gasteiger partial charge is 0.365 e. The molecule has 1 atom stereocenters. The number of hydrogen-bond donors (Lipinski definition) is 3. The van der Waals surface area contributed by atoms with E-state index in [1.807, 2.05) is 13.0 Å². The number of anilines is 3. The first-order chi connectivity index (χ1) is 13.0. The molecule has 1 aliphatic rings. The normalized spacial score (nSPS) is 16.0. The number of carbonyl (C=O) groups is 2. The first kappa shape index (κ1) is 18.4. The molecule has 1 fully saturated rings. The Morgan fingerprint density at radius 2 is 2.19 bits per heavy atom. The minimum atomic E-state index is -0.560. The van der Waals surface area contributed by atoms with E-state index in [-0.39, 0.29) is 11.9 Å². The number of aryl methyl sites for hydroxylation is 1. The maximum absolute atomic E-state index is 11.8. The predicted octanol–water partition coefficient (Wildman–Crippen LogP) is 1.51. The van der Waals surface area contributed by atoms with Crippen LogP contribution < -0.4 is 21.3 Å². The fourth-order valence-electron chi connectivity index (χ4n) is 3.03. The summed E-state index contributed by atoms with van der Waals surface area (Å²) in [5.74, 6) is 0.340. The number of hydrogen-bond acceptors (Lipinski definition) is 6. The Balaban J connectivity index is 1.82. The highest BCUT2D eigenvalue weighted by Gasteiger charge is 2.25. The molecule has 2 aromatic heterocycles. The monoisotopic (exact) mass is 366 g/mol. The van der Waals surface area contributed by atoms with Crippen molar-refractivity contribution in [2.24, 2.45) is 5.73 Å². The fraction of sp³-hybridized carbons (Fsp3) is 0.263. The maximum atomic E-state index is 11.8. The van der Waals surface area contributed by atoms with E-state index in [0.29, 0.717) is 23.7 Å². The molecule has 2 aromatic rings. The summed E-state index contributed by atoms with van der Waals surface area (Å²) in [4.78, 5) is 34.0. The van der Waals surface area contributed by atoms with E-state index in [0.717, 1.165) is 24.2 Å². The molecule has 8 nitrogen and oxygen atoms in total. The van der Waals surface area contributed by atoms with Gasteiger partial charge < -0.3 is 21.3 Å². The van der Waals surface area contributed by atoms with Crippen molar-refractivity contribution < 1.29 is 9.59 Å². The van der Waals surface area contributed by atoms with Crippen LogP contribution in [0.3, 0.4) is 0 Å². The van der Waals surface area contributed by atoms with Crippen molar-refractivity contribution in [2.75, 3.05) is 23.3 Å². The lowest BCUT2D eigenvalue weighted by molar-refractivity contribution is -0.117. The van der Waals surface area contributed by atoms with Crippen LogP contribution >= 0.6 is 0 Å². The number of primary amides is 1. The van der Waals surface area contributed by atoms with Gasteiger partial charge in [-0.25, -0.2) is 4.98 Å². The topological polar surface area (TPSA) is 113 Å². The molecule has 1 saturated heterocycles. The molecule has 140 valence electrons. The summed E-state index contributed by atoms with van der Waals surface area (Å²) in [7, 11) is 0. The van der Waals surface area contributed by atoms with Crippen molar-refractivity contribution in [3.05, 3.63) is 54.4 Å². The van der Waals surface area contributed by atoms with Crippen molar-refractivity contribution in [1.82, 2.24) is 15.3 Å². The summed E-state index contributed by atoms with van der Waals surface area (Å²) in [5.41, 5.74) is 7.50. The van der Waals surface area contributed by atoms with Crippen molar-refractivity contribution >= 4 is 29.1 Å². The molecule has 0 spiro atoms. The van der Waals surface area contributed by atoms with Crippen LogP contribution in [0.1, 0.15) is 22.3 Å². The number of aromatic nitrogens is 2. The molecule has 0 bridgehead atoms. The Morgan fingerprint density at radius 1 is 1.37 bits per heavy atom. The second-order valence-electron chi connectivity index (χ2n) is 6.45. The van der Waals surface area contributed by atoms with Gasteiger partial charge >= 0.3 is 0 Å². The second kappa shape index (κ2) is 7.86. The van der Waals surface area contributed by atoms with Crippen LogP contribution in [0.25, 0.3) is 0 Å². The summed E-state index contributed by atoms with van der Waals surface area (Å²) < 4.78 is 0. The van der Waals surface area contributed by atoms with Crippen LogP contribution in [-0.2, 0) is 4.79 Å². The summed E-state index contributed by atoms with van der Waals surface area (Å²) >= 11 is 0. The van der Waals surface area contributed by atoms with Gasteiger partial charge in [-0.2, -0.15) is 0 Å². The molecule has 0 aromatic carbocycles. The van der Waals surface area contributed by atoms with Gasteiger partial charge in [0.15, 0.2) is 0 Å². The van der Waals surface area contributed by atoms with Crippen LogP contribution in [0.15, 0.2) is 43.2 Å². The van der Waals surface area contributed by atoms with E-state index in [4.69, 9.17) is 5.73 Å². The van der Waals surface area contributed by atoms with E-state index in [9.17, 15) is 9.59 Å². The van der Waals surface area contributed by atoms with Gasteiger partial charge in [0, 0.05) is 25.3 Å². The third-order valence-corrected chi connectivity index (χ3v) is 4.33. The highest BCUT2D eigenvalue weighted by Crippen LogP contribution is 2.25. The summed E-state index contributed by atoms with van der Waals surface area (Å²) in [6.07, 6.45) is 5.47. The lowest BCUT2D eigenvalue weighted by Crippen LogP contribution is -2.36. The van der Waals surface area contributed by atoms with E-state index < -0.39 is 5.91 Å². The smallest absolute Gasteiger partial charge is 0.252 e. The Bertz CT molecular complexity index is 882. The van der Waals surface area contributed by atoms with Crippen LogP contribution in [0, 0.1) is 6.92 Å². The molecule has 0 aliphatic carbocycles. The highest BCUT2D eigenvalue weighted by atomic mass is 16.1. The summed E-state index contributed by atoms with van der Waals surface area (Å²) in [6.45, 7) is 6.78. The van der Waals surface area contributed by atoms with Gasteiger partial charge in [0.25, 0.3) is 5.91 Å². The third-order valence-electron chi connectivity index (χ3n) is 4.33. The number of rotatable bonds is 6. The molecule has 3 heterocycles. The first-order valence-corrected chi connectivity index (χ1v) is 8.63. The van der Waals surface area contributed by atoms with Crippen molar-refractivity contribution in [3.63, 3.8) is 0 Å². The molecule has 4 N–H and O–H groups in total. The lowest BCUT2D eigenvalue weighted by Gasteiger charge is -2.20. The van der Waals surface area contributed by atoms with Crippen LogP contribution in [0.4, 0.5) is 17.3 Å². The van der Waals surface area contributed by atoms with Gasteiger partial charge in [-0.3, -0.25) is 14.6 Å². The molecule has 1 unspecified atom stereocenters. The quantitative estimate of drug-likeness (QED) is 0.668. The van der Waals surface area contributed by atoms with Crippen LogP contribution in [0.5, 0.6) is 0 Å². The van der Waals surface area contributed by atoms with Gasteiger partial charge in [-0.05, 0) is 43.2 Å². The van der Waals surface area contributed by atoms with E-state index in [1.54, 1.807) is 24.5 Å². The molecular weight excluding hydrogens is 344 g/mol. The van der Waals surface area contributed by atoms with Crippen LogP contribution in [0.2, 0.25) is 0 Å². The molecule has 1 aliphatic heterocycles. The van der Waals surface area contributed by atoms with Gasteiger partial charge in [-0.1, -0.05) is 6.58 Å². The number of amides is 2. The van der Waals surface area contributed by atoms with Gasteiger partial charge in [0.05, 0.1) is 17.4 Å². The van der Waals surface area contributed by atoms with Gasteiger partial charge in [-0.15, -0.1) is 0 Å². The Kier molecular flexibility index (Phi) is 5.35. The zero-order chi connectivity index (χ0) is 19.4. The summed E-state index contributed by atoms with van der Waals surface area (Å²) in [5, 5.41) is 6.02. The molecule has 27 heavy (non-hydrogen) atoms. The zero-order valence-electron chi connectivity index (χ0n) is 15.1. The van der Waals surface area contributed by atoms with E-state index in [1.165, 1.54) is 6.08 Å². The standard InChI is InChI=1S/C19H22N6O2/c1-3-17(26)22-13-6-7-25(11-13)16-5-4-15(18(20)27)19(24-16)23-14-8-12(2)9-21-10-14/h3-5,8-10,13H,1,6-7,11H2,2H3,(H2,20,27)(H,22,26)(H,23,24). The average Bonchev–Trinajstić information content (AvgIpc) is 3.09. The van der Waals surface area contributed by atoms with Gasteiger partial charge in [0.2, 0.25) is 5.91 Å². The molecule has 2 amide bonds. The summed E-state index contributed by atoms with van der Waals surface area (Å²) in [6, 6.07) is 5.36. The van der Waals surface area contributed by atoms with Gasteiger partial charge in [0.1, 0.15) is 11.6 Å². The molecule has 0 radical (unpaired) electrons. The number of nitrogens with one attached hydrogen (secondary N) is 2. The maximum Gasteiger partial charge on any atom is 0.252 e. The second-order valence-corrected chi connectivity index (χ2v) is 6.45. The average molecular weight is 366 g/mol. The molecule has 3 rings (SSSR count). The zero-order valence-corrected chi connectivity index (χ0v) is 15.1. The van der Waals surface area contributed by atoms with Crippen molar-refractivity contribution in [1.29, 1.82) is 0 Å². The SMILES string of the molecule is C=CC(=O)NC1CCN(c2ccc(C(N)=O)c(Nc3cncc(C)c3)n2)C1. The third kappa shape index (κ3) is 4.41. The van der Waals surface area contributed by atoms with E-state index >= 15 is 0 Å². The number of pyridine rings is 2. The minimum Gasteiger partial charge on any atom is -0.365 e. The minimum absolute atomic E-state index is 0.0329. The molecule has 0 saturated carbocycles. The molecule has 8 heteroatoms.